The Morgan fingerprint density at radius 1 is 0.920 bits per heavy atom. The maximum absolute atomic E-state index is 13.1. The van der Waals surface area contributed by atoms with Gasteiger partial charge in [0, 0.05) is 0 Å². The molecule has 2 aromatic carbocycles. The van der Waals surface area contributed by atoms with Gasteiger partial charge in [0.05, 0.1) is 0 Å². The van der Waals surface area contributed by atoms with Crippen LogP contribution in [0.3, 0.4) is 0 Å². The van der Waals surface area contributed by atoms with Crippen LogP contribution in [0, 0.1) is 0 Å². The zero-order valence-corrected chi connectivity index (χ0v) is 16.2. The molecule has 2 aromatic rings. The van der Waals surface area contributed by atoms with Gasteiger partial charge in [-0.2, -0.15) is 0 Å². The first kappa shape index (κ1) is 19.2. The number of esters is 1. The van der Waals surface area contributed by atoms with E-state index in [-0.39, 0.29) is 26.7 Å². The summed E-state index contributed by atoms with van der Waals surface area (Å²) in [5, 5.41) is 0. The molecule has 25 heavy (non-hydrogen) atoms. The SMILES string of the molecule is CCC/C(C(=O)OCC)=C(\[Se]c1ccccc1)C(=O)c1ccccc1. The van der Waals surface area contributed by atoms with Crippen LogP contribution in [0.2, 0.25) is 0 Å². The molecule has 0 heterocycles. The van der Waals surface area contributed by atoms with E-state index in [1.807, 2.05) is 55.5 Å². The second-order valence-electron chi connectivity index (χ2n) is 5.39. The number of Topliss-reactive ketones (excluding diaryl/α,β-unsaturated/α-hetero) is 1. The van der Waals surface area contributed by atoms with Crippen molar-refractivity contribution >= 4 is 31.2 Å². The Morgan fingerprint density at radius 2 is 1.52 bits per heavy atom. The molecule has 0 bridgehead atoms. The Labute approximate surface area is 155 Å². The summed E-state index contributed by atoms with van der Waals surface area (Å²) < 4.78 is 6.87. The third-order valence-electron chi connectivity index (χ3n) is 3.50. The van der Waals surface area contributed by atoms with Gasteiger partial charge in [0.15, 0.2) is 0 Å². The van der Waals surface area contributed by atoms with Crippen LogP contribution in [0.4, 0.5) is 0 Å². The summed E-state index contributed by atoms with van der Waals surface area (Å²) in [5.74, 6) is -0.456. The number of carbonyl (C=O) groups excluding carboxylic acids is 2. The molecule has 0 aromatic heterocycles. The van der Waals surface area contributed by atoms with Gasteiger partial charge in [0.2, 0.25) is 0 Å². The maximum atomic E-state index is 13.1. The van der Waals surface area contributed by atoms with Gasteiger partial charge in [-0.3, -0.25) is 0 Å². The third-order valence-corrected chi connectivity index (χ3v) is 5.90. The minimum absolute atomic E-state index is 0.0824. The van der Waals surface area contributed by atoms with Crippen LogP contribution >= 0.6 is 0 Å². The van der Waals surface area contributed by atoms with Crippen molar-refractivity contribution in [3.63, 3.8) is 0 Å². The van der Waals surface area contributed by atoms with Gasteiger partial charge in [-0.05, 0) is 0 Å². The molecule has 0 unspecified atom stereocenters. The molecule has 0 aliphatic rings. The molecule has 130 valence electrons. The van der Waals surface area contributed by atoms with Gasteiger partial charge < -0.3 is 0 Å². The Hall–Kier alpha value is -2.16. The van der Waals surface area contributed by atoms with Crippen molar-refractivity contribution in [2.24, 2.45) is 0 Å². The van der Waals surface area contributed by atoms with Crippen molar-refractivity contribution in [2.45, 2.75) is 26.7 Å². The Kier molecular flexibility index (Phi) is 7.65. The van der Waals surface area contributed by atoms with Crippen molar-refractivity contribution in [3.05, 3.63) is 76.3 Å². The quantitative estimate of drug-likeness (QED) is 0.294. The molecule has 2 rings (SSSR count). The number of ether oxygens (including phenoxy) is 1. The van der Waals surface area contributed by atoms with E-state index in [0.29, 0.717) is 28.6 Å². The molecule has 3 nitrogen and oxygen atoms in total. The summed E-state index contributed by atoms with van der Waals surface area (Å²) in [7, 11) is 0. The van der Waals surface area contributed by atoms with E-state index in [1.165, 1.54) is 0 Å². The molecule has 0 saturated heterocycles. The molecular weight excluding hydrogens is 379 g/mol. The molecular formula is C21H22O3Se. The summed E-state index contributed by atoms with van der Waals surface area (Å²) in [4.78, 5) is 25.6. The molecule has 0 radical (unpaired) electrons. The normalized spacial score (nSPS) is 11.6. The first-order valence-electron chi connectivity index (χ1n) is 8.40. The van der Waals surface area contributed by atoms with Gasteiger partial charge in [0.1, 0.15) is 0 Å². The van der Waals surface area contributed by atoms with Crippen LogP contribution in [0.1, 0.15) is 37.0 Å². The molecule has 0 atom stereocenters. The fraction of sp³-hybridized carbons (Fsp3) is 0.238. The second kappa shape index (κ2) is 9.97. The van der Waals surface area contributed by atoms with E-state index in [1.54, 1.807) is 19.1 Å². The summed E-state index contributed by atoms with van der Waals surface area (Å²) in [6, 6.07) is 19.0. The van der Waals surface area contributed by atoms with Gasteiger partial charge in [-0.25, -0.2) is 0 Å². The number of hydrogen-bond donors (Lipinski definition) is 0. The van der Waals surface area contributed by atoms with E-state index in [4.69, 9.17) is 4.74 Å². The molecule has 0 saturated carbocycles. The van der Waals surface area contributed by atoms with E-state index in [2.05, 4.69) is 0 Å². The van der Waals surface area contributed by atoms with Crippen LogP contribution in [0.5, 0.6) is 0 Å². The first-order chi connectivity index (χ1) is 12.2. The summed E-state index contributed by atoms with van der Waals surface area (Å²) in [6.07, 6.45) is 1.33. The van der Waals surface area contributed by atoms with Crippen molar-refractivity contribution in [1.82, 2.24) is 0 Å². The van der Waals surface area contributed by atoms with Crippen molar-refractivity contribution in [3.8, 4) is 0 Å². The van der Waals surface area contributed by atoms with E-state index in [0.717, 1.165) is 10.9 Å². The third kappa shape index (κ3) is 5.42. The van der Waals surface area contributed by atoms with E-state index >= 15 is 0 Å². The van der Waals surface area contributed by atoms with E-state index < -0.39 is 0 Å². The number of benzene rings is 2. The summed E-state index contributed by atoms with van der Waals surface area (Å²) in [5.41, 5.74) is 1.12. The summed E-state index contributed by atoms with van der Waals surface area (Å²) >= 11 is -0.258. The summed E-state index contributed by atoms with van der Waals surface area (Å²) in [6.45, 7) is 4.08. The van der Waals surface area contributed by atoms with Gasteiger partial charge in [0.25, 0.3) is 0 Å². The van der Waals surface area contributed by atoms with Crippen molar-refractivity contribution in [1.29, 1.82) is 0 Å². The monoisotopic (exact) mass is 402 g/mol. The molecule has 4 heteroatoms. The molecule has 0 aliphatic heterocycles. The number of allylic oxidation sites excluding steroid dienone is 1. The number of hydrogen-bond acceptors (Lipinski definition) is 3. The molecule has 0 aliphatic carbocycles. The Morgan fingerprint density at radius 3 is 2.08 bits per heavy atom. The van der Waals surface area contributed by atoms with E-state index in [9.17, 15) is 9.59 Å². The van der Waals surface area contributed by atoms with Gasteiger partial charge in [-0.15, -0.1) is 0 Å². The van der Waals surface area contributed by atoms with Crippen LogP contribution in [-0.2, 0) is 9.53 Å². The number of carbonyl (C=O) groups is 2. The van der Waals surface area contributed by atoms with Gasteiger partial charge >= 0.3 is 155 Å². The zero-order chi connectivity index (χ0) is 18.1. The zero-order valence-electron chi connectivity index (χ0n) is 14.5. The second-order valence-corrected chi connectivity index (χ2v) is 7.66. The fourth-order valence-electron chi connectivity index (χ4n) is 2.35. The predicted molar refractivity (Wildman–Crippen MR) is 101 cm³/mol. The number of rotatable bonds is 8. The van der Waals surface area contributed by atoms with Crippen molar-refractivity contribution in [2.75, 3.05) is 6.61 Å². The Bertz CT molecular complexity index is 736. The van der Waals surface area contributed by atoms with Crippen molar-refractivity contribution < 1.29 is 14.3 Å². The molecule has 0 amide bonds. The van der Waals surface area contributed by atoms with Crippen LogP contribution < -0.4 is 4.46 Å². The molecule has 0 N–H and O–H groups in total. The first-order valence-corrected chi connectivity index (χ1v) is 10.1. The minimum atomic E-state index is -0.374. The fourth-order valence-corrected chi connectivity index (χ4v) is 4.55. The molecule has 0 fully saturated rings. The Balaban J connectivity index is 2.50. The van der Waals surface area contributed by atoms with Crippen LogP contribution in [0.25, 0.3) is 0 Å². The van der Waals surface area contributed by atoms with Crippen LogP contribution in [-0.4, -0.2) is 33.3 Å². The van der Waals surface area contributed by atoms with Gasteiger partial charge in [-0.1, -0.05) is 0 Å². The molecule has 0 spiro atoms. The average Bonchev–Trinajstić information content (AvgIpc) is 2.65. The topological polar surface area (TPSA) is 43.4 Å². The predicted octanol–water partition coefficient (Wildman–Crippen LogP) is 3.52. The van der Waals surface area contributed by atoms with Crippen LogP contribution in [0.15, 0.2) is 70.7 Å². The standard InChI is InChI=1S/C21H22O3Se/c1-3-11-18(21(23)24-4-2)20(25-17-14-9-6-10-15-17)19(22)16-12-7-5-8-13-16/h5-10,12-15H,3-4,11H2,1-2H3/b20-18+. The average molecular weight is 401 g/mol. The number of ketones is 1.